The maximum atomic E-state index is 13.4. The van der Waals surface area contributed by atoms with Gasteiger partial charge in [-0.05, 0) is 114 Å². The SMILES string of the molecule is C/C=C/C(=O)CCN(CC)c1nc(OC[C@@H]2CCCN2CCN(C)C(=O)/C=C/C(=O)NCCN(C)c2nc(OC[C@@H]3CCCN3C)nc3c2CCN(c2cccc4cccc(Cl)c24)C3)nc2c1CCN(c1cccc3cccc(Cl)c13)C2. The fourth-order valence-corrected chi connectivity index (χ4v) is 12.5. The van der Waals surface area contributed by atoms with Crippen molar-refractivity contribution in [3.05, 3.63) is 130 Å². The van der Waals surface area contributed by atoms with Crippen LogP contribution in [0.25, 0.3) is 21.5 Å². The minimum absolute atomic E-state index is 0.0732. The van der Waals surface area contributed by atoms with E-state index in [2.05, 4.69) is 92.3 Å². The van der Waals surface area contributed by atoms with Gasteiger partial charge in [0.05, 0.1) is 34.5 Å². The Morgan fingerprint density at radius 3 is 1.87 bits per heavy atom. The lowest BCUT2D eigenvalue weighted by Gasteiger charge is -2.34. The van der Waals surface area contributed by atoms with Gasteiger partial charge in [-0.3, -0.25) is 19.3 Å². The first-order valence-electron chi connectivity index (χ1n) is 29.0. The molecule has 0 bridgehead atoms. The Bertz CT molecular complexity index is 3330. The van der Waals surface area contributed by atoms with Crippen LogP contribution in [0.5, 0.6) is 12.0 Å². The van der Waals surface area contributed by atoms with E-state index >= 15 is 0 Å². The molecule has 17 nitrogen and oxygen atoms in total. The fraction of sp³-hybridized carbons (Fsp3) is 0.444. The predicted molar refractivity (Wildman–Crippen MR) is 328 cm³/mol. The summed E-state index contributed by atoms with van der Waals surface area (Å²) in [6.45, 7) is 12.5. The highest BCUT2D eigenvalue weighted by Gasteiger charge is 2.31. The Kier molecular flexibility index (Phi) is 19.1. The van der Waals surface area contributed by atoms with Gasteiger partial charge in [-0.1, -0.05) is 77.8 Å². The van der Waals surface area contributed by atoms with Gasteiger partial charge in [0, 0.05) is 130 Å². The number of fused-ring (bicyclic) bond motifs is 4. The summed E-state index contributed by atoms with van der Waals surface area (Å²) in [5, 5.41) is 8.60. The normalized spacial score (nSPS) is 17.5. The van der Waals surface area contributed by atoms with Crippen molar-refractivity contribution < 1.29 is 23.9 Å². The largest absolute Gasteiger partial charge is 0.462 e. The number of benzene rings is 4. The Hall–Kier alpha value is -7.05. The van der Waals surface area contributed by atoms with Gasteiger partial charge >= 0.3 is 12.0 Å². The molecule has 2 saturated heterocycles. The molecule has 6 aromatic rings. The molecule has 2 amide bonds. The van der Waals surface area contributed by atoms with E-state index in [9.17, 15) is 14.4 Å². The molecule has 19 heteroatoms. The number of likely N-dealkylation sites (N-methyl/N-ethyl adjacent to an activating group) is 3. The number of ketones is 1. The Morgan fingerprint density at radius 2 is 1.27 bits per heavy atom. The summed E-state index contributed by atoms with van der Waals surface area (Å²) in [4.78, 5) is 74.5. The van der Waals surface area contributed by atoms with Gasteiger partial charge in [0.1, 0.15) is 24.8 Å². The molecule has 0 radical (unpaired) electrons. The molecule has 4 aliphatic rings. The maximum Gasteiger partial charge on any atom is 0.318 e. The van der Waals surface area contributed by atoms with Crippen LogP contribution >= 0.6 is 23.2 Å². The molecule has 1 N–H and O–H groups in total. The van der Waals surface area contributed by atoms with Gasteiger partial charge < -0.3 is 44.2 Å². The maximum absolute atomic E-state index is 13.4. The van der Waals surface area contributed by atoms with E-state index in [1.165, 1.54) is 12.2 Å². The van der Waals surface area contributed by atoms with Gasteiger partial charge in [-0.15, -0.1) is 0 Å². The van der Waals surface area contributed by atoms with Crippen molar-refractivity contribution in [2.45, 2.75) is 84.0 Å². The summed E-state index contributed by atoms with van der Waals surface area (Å²) in [6, 6.07) is 25.6. The third-order valence-electron chi connectivity index (χ3n) is 16.6. The number of rotatable bonds is 23. The summed E-state index contributed by atoms with van der Waals surface area (Å²) >= 11 is 13.6. The number of anilines is 4. The Balaban J connectivity index is 0.737. The molecular formula is C63H76Cl2N12O5. The van der Waals surface area contributed by atoms with Crippen LogP contribution in [0.2, 0.25) is 10.0 Å². The van der Waals surface area contributed by atoms with Crippen molar-refractivity contribution in [3.63, 3.8) is 0 Å². The quantitative estimate of drug-likeness (QED) is 0.0607. The highest BCUT2D eigenvalue weighted by molar-refractivity contribution is 6.37. The number of carbonyl (C=O) groups excluding carboxylic acids is 3. The van der Waals surface area contributed by atoms with E-state index in [4.69, 9.17) is 52.6 Å². The molecule has 0 saturated carbocycles. The average Bonchev–Trinajstić information content (AvgIpc) is 4.28. The molecule has 2 atom stereocenters. The van der Waals surface area contributed by atoms with E-state index in [1.54, 1.807) is 24.1 Å². The van der Waals surface area contributed by atoms with Gasteiger partial charge in [0.25, 0.3) is 0 Å². The number of allylic oxidation sites excluding steroid dienone is 2. The number of aromatic nitrogens is 4. The van der Waals surface area contributed by atoms with Crippen molar-refractivity contribution in [3.8, 4) is 12.0 Å². The van der Waals surface area contributed by atoms with Gasteiger partial charge in [-0.25, -0.2) is 0 Å². The molecule has 4 aliphatic heterocycles. The summed E-state index contributed by atoms with van der Waals surface area (Å²) in [5.74, 6) is 1.05. The van der Waals surface area contributed by atoms with Crippen LogP contribution in [0, 0.1) is 0 Å². The van der Waals surface area contributed by atoms with Gasteiger partial charge in [-0.2, -0.15) is 19.9 Å². The minimum atomic E-state index is -0.354. The standard InChI is InChI=1S/C63H76Cl2N12O5/c1-6-14-47(78)27-33-74(7-2)61-49-29-35-77(55-24-11-18-44-16-9-22-51(65)59(44)55)40-53(49)68-63(70-61)82-42-46-20-13-32-75(46)38-37-72(4)57(80)26-25-56(79)66-30-36-73(5)60-48-28-34-76(54-23-10-17-43-15-8-21-50(64)58(43)54)39-52(48)67-62(69-60)81-41-45-19-12-31-71(45)3/h6,8-11,14-18,21-26,45-46H,7,12-13,19-20,27-42H2,1-5H3,(H,66,79)/b14-6+,26-25+/t45-,46-/m0/s1. The Labute approximate surface area is 491 Å². The van der Waals surface area contributed by atoms with Crippen LogP contribution < -0.4 is 34.4 Å². The predicted octanol–water partition coefficient (Wildman–Crippen LogP) is 8.95. The highest BCUT2D eigenvalue weighted by Crippen LogP contribution is 2.39. The van der Waals surface area contributed by atoms with Crippen molar-refractivity contribution in [2.75, 3.05) is 119 Å². The second kappa shape index (κ2) is 26.9. The molecule has 432 valence electrons. The second-order valence-electron chi connectivity index (χ2n) is 21.9. The third kappa shape index (κ3) is 13.5. The van der Waals surface area contributed by atoms with Crippen molar-refractivity contribution in [2.24, 2.45) is 0 Å². The molecule has 4 aromatic carbocycles. The van der Waals surface area contributed by atoms with Crippen molar-refractivity contribution in [1.82, 2.24) is 40.0 Å². The highest BCUT2D eigenvalue weighted by atomic mass is 35.5. The molecule has 2 aromatic heterocycles. The number of hydrogen-bond donors (Lipinski definition) is 1. The molecule has 10 rings (SSSR count). The Morgan fingerprint density at radius 1 is 0.695 bits per heavy atom. The number of ether oxygens (including phenoxy) is 2. The number of likely N-dealkylation sites (tertiary alicyclic amines) is 2. The van der Waals surface area contributed by atoms with Crippen LogP contribution in [0.3, 0.4) is 0 Å². The molecular weight excluding hydrogens is 1080 g/mol. The van der Waals surface area contributed by atoms with Crippen LogP contribution in [0.1, 0.15) is 68.5 Å². The van der Waals surface area contributed by atoms with Gasteiger partial charge in [0.2, 0.25) is 11.8 Å². The molecule has 6 heterocycles. The van der Waals surface area contributed by atoms with E-state index in [-0.39, 0.29) is 23.6 Å². The lowest BCUT2D eigenvalue weighted by molar-refractivity contribution is -0.125. The zero-order valence-electron chi connectivity index (χ0n) is 48.0. The molecule has 0 spiro atoms. The molecule has 2 fully saturated rings. The minimum Gasteiger partial charge on any atom is -0.462 e. The van der Waals surface area contributed by atoms with E-state index in [0.29, 0.717) is 100 Å². The average molecular weight is 1150 g/mol. The van der Waals surface area contributed by atoms with Crippen LogP contribution in [0.4, 0.5) is 23.0 Å². The van der Waals surface area contributed by atoms with Crippen LogP contribution in [0.15, 0.2) is 97.1 Å². The number of nitrogens with zero attached hydrogens (tertiary/aromatic N) is 11. The summed E-state index contributed by atoms with van der Waals surface area (Å²) in [5.41, 5.74) is 6.05. The first kappa shape index (κ1) is 58.2. The van der Waals surface area contributed by atoms with E-state index in [0.717, 1.165) is 132 Å². The monoisotopic (exact) mass is 1150 g/mol. The zero-order valence-corrected chi connectivity index (χ0v) is 49.5. The van der Waals surface area contributed by atoms with Crippen LogP contribution in [-0.4, -0.2) is 164 Å². The summed E-state index contributed by atoms with van der Waals surface area (Å²) in [7, 11) is 5.86. The number of amides is 2. The van der Waals surface area contributed by atoms with E-state index < -0.39 is 0 Å². The van der Waals surface area contributed by atoms with Crippen LogP contribution in [-0.2, 0) is 40.3 Å². The fourth-order valence-electron chi connectivity index (χ4n) is 12.0. The molecule has 0 aliphatic carbocycles. The van der Waals surface area contributed by atoms with Crippen molar-refractivity contribution >= 4 is 85.4 Å². The van der Waals surface area contributed by atoms with Gasteiger partial charge in [0.15, 0.2) is 5.78 Å². The first-order chi connectivity index (χ1) is 39.8. The number of hydrogen-bond acceptors (Lipinski definition) is 15. The number of nitrogens with one attached hydrogen (secondary N) is 1. The molecule has 0 unspecified atom stereocenters. The zero-order chi connectivity index (χ0) is 57.3. The topological polar surface area (TPSA) is 156 Å². The van der Waals surface area contributed by atoms with E-state index in [1.807, 2.05) is 43.1 Å². The second-order valence-corrected chi connectivity index (χ2v) is 22.7. The third-order valence-corrected chi connectivity index (χ3v) is 17.2. The number of carbonyl (C=O) groups is 3. The summed E-state index contributed by atoms with van der Waals surface area (Å²) < 4.78 is 12.9. The smallest absolute Gasteiger partial charge is 0.318 e. The lowest BCUT2D eigenvalue weighted by Crippen LogP contribution is -2.40. The molecule has 82 heavy (non-hydrogen) atoms. The summed E-state index contributed by atoms with van der Waals surface area (Å²) in [6.07, 6.45) is 12.0. The lowest BCUT2D eigenvalue weighted by atomic mass is 10.0. The van der Waals surface area contributed by atoms with Crippen molar-refractivity contribution in [1.29, 1.82) is 0 Å². The number of halogens is 2. The first-order valence-corrected chi connectivity index (χ1v) is 29.8.